The molecular formula is C20H28O7S. The van der Waals surface area contributed by atoms with Crippen molar-refractivity contribution in [2.45, 2.75) is 62.8 Å². The van der Waals surface area contributed by atoms with Crippen molar-refractivity contribution in [1.29, 1.82) is 0 Å². The molecule has 0 spiro atoms. The third kappa shape index (κ3) is 4.68. The number of carbonyl (C=O) groups is 2. The second kappa shape index (κ2) is 8.82. The van der Waals surface area contributed by atoms with Gasteiger partial charge in [-0.3, -0.25) is 0 Å². The fourth-order valence-corrected chi connectivity index (χ4v) is 3.67. The van der Waals surface area contributed by atoms with Crippen LogP contribution in [0.15, 0.2) is 35.5 Å². The van der Waals surface area contributed by atoms with Crippen LogP contribution in [0, 0.1) is 5.92 Å². The van der Waals surface area contributed by atoms with Crippen molar-refractivity contribution in [3.8, 4) is 0 Å². The van der Waals surface area contributed by atoms with Gasteiger partial charge < -0.3 is 24.8 Å². The van der Waals surface area contributed by atoms with Crippen molar-refractivity contribution in [1.82, 2.24) is 0 Å². The molecule has 28 heavy (non-hydrogen) atoms. The molecule has 2 aliphatic rings. The van der Waals surface area contributed by atoms with E-state index < -0.39 is 53.6 Å². The maximum absolute atomic E-state index is 12.6. The summed E-state index contributed by atoms with van der Waals surface area (Å²) < 4.78 is 11.0. The zero-order valence-electron chi connectivity index (χ0n) is 16.3. The number of carbonyl (C=O) groups excluding carboxylic acids is 2. The van der Waals surface area contributed by atoms with Gasteiger partial charge in [0, 0.05) is 17.2 Å². The first-order valence-electron chi connectivity index (χ1n) is 9.14. The SMILES string of the molecule is C=C1C(=O)O[C@@H]2/C=C(\C)C[C@H](O)/C=C(\C)C[C@@H](OC(=O)[C@](O)(CO)[C@H](C)S)[C@@H]12. The zero-order chi connectivity index (χ0) is 21.2. The Morgan fingerprint density at radius 2 is 2.00 bits per heavy atom. The molecule has 8 heteroatoms. The van der Waals surface area contributed by atoms with Gasteiger partial charge in [-0.15, -0.1) is 0 Å². The number of ether oxygens (including phenoxy) is 2. The molecule has 156 valence electrons. The van der Waals surface area contributed by atoms with E-state index in [0.717, 1.165) is 11.1 Å². The van der Waals surface area contributed by atoms with E-state index in [0.29, 0.717) is 6.42 Å². The Morgan fingerprint density at radius 1 is 1.39 bits per heavy atom. The molecule has 0 bridgehead atoms. The van der Waals surface area contributed by atoms with Crippen molar-refractivity contribution in [3.05, 3.63) is 35.5 Å². The van der Waals surface area contributed by atoms with Gasteiger partial charge in [-0.2, -0.15) is 12.6 Å². The maximum atomic E-state index is 12.6. The van der Waals surface area contributed by atoms with E-state index in [-0.39, 0.29) is 12.0 Å². The summed E-state index contributed by atoms with van der Waals surface area (Å²) in [6.45, 7) is 7.99. The Kier molecular flexibility index (Phi) is 7.14. The van der Waals surface area contributed by atoms with E-state index >= 15 is 0 Å². The molecule has 0 aromatic rings. The quantitative estimate of drug-likeness (QED) is 0.237. The van der Waals surface area contributed by atoms with Crippen LogP contribution in [-0.4, -0.2) is 63.0 Å². The van der Waals surface area contributed by atoms with Crippen molar-refractivity contribution < 1.29 is 34.4 Å². The van der Waals surface area contributed by atoms with Crippen LogP contribution in [0.2, 0.25) is 0 Å². The molecule has 1 fully saturated rings. The minimum atomic E-state index is -2.19. The molecule has 0 radical (unpaired) electrons. The Balaban J connectivity index is 2.43. The molecule has 0 aromatic heterocycles. The lowest BCUT2D eigenvalue weighted by Gasteiger charge is -2.32. The van der Waals surface area contributed by atoms with Crippen LogP contribution in [0.25, 0.3) is 0 Å². The molecule has 2 rings (SSSR count). The lowest BCUT2D eigenvalue weighted by atomic mass is 9.85. The second-order valence-corrected chi connectivity index (χ2v) is 8.40. The molecule has 0 saturated carbocycles. The van der Waals surface area contributed by atoms with Gasteiger partial charge >= 0.3 is 11.9 Å². The van der Waals surface area contributed by atoms with Gasteiger partial charge in [0.1, 0.15) is 12.2 Å². The number of aliphatic hydroxyl groups excluding tert-OH is 2. The van der Waals surface area contributed by atoms with Gasteiger partial charge in [-0.25, -0.2) is 9.59 Å². The summed E-state index contributed by atoms with van der Waals surface area (Å²) >= 11 is 4.07. The van der Waals surface area contributed by atoms with Crippen molar-refractivity contribution in [3.63, 3.8) is 0 Å². The van der Waals surface area contributed by atoms with Crippen molar-refractivity contribution >= 4 is 24.6 Å². The first-order chi connectivity index (χ1) is 13.0. The highest BCUT2D eigenvalue weighted by Gasteiger charge is 2.48. The lowest BCUT2D eigenvalue weighted by Crippen LogP contribution is -2.52. The summed E-state index contributed by atoms with van der Waals surface area (Å²) in [5, 5.41) is 29.2. The summed E-state index contributed by atoms with van der Waals surface area (Å²) in [7, 11) is 0. The first kappa shape index (κ1) is 22.7. The third-order valence-electron chi connectivity index (χ3n) is 5.19. The Hall–Kier alpha value is -1.61. The normalized spacial score (nSPS) is 35.4. The van der Waals surface area contributed by atoms with Gasteiger partial charge in [-0.1, -0.05) is 30.7 Å². The molecule has 3 N–H and O–H groups in total. The highest BCUT2D eigenvalue weighted by Crippen LogP contribution is 2.37. The number of hydrogen-bond acceptors (Lipinski definition) is 8. The first-order valence-corrected chi connectivity index (χ1v) is 9.66. The van der Waals surface area contributed by atoms with Crippen molar-refractivity contribution in [2.75, 3.05) is 6.61 Å². The van der Waals surface area contributed by atoms with Crippen LogP contribution in [-0.2, 0) is 19.1 Å². The summed E-state index contributed by atoms with van der Waals surface area (Å²) in [4.78, 5) is 24.8. The molecule has 1 heterocycles. The molecule has 1 aliphatic heterocycles. The lowest BCUT2D eigenvalue weighted by molar-refractivity contribution is -0.177. The highest BCUT2D eigenvalue weighted by atomic mass is 32.1. The predicted molar refractivity (Wildman–Crippen MR) is 106 cm³/mol. The fraction of sp³-hybridized carbons (Fsp3) is 0.600. The number of esters is 2. The molecule has 6 atom stereocenters. The Bertz CT molecular complexity index is 711. The number of fused-ring (bicyclic) bond motifs is 1. The van der Waals surface area contributed by atoms with E-state index in [1.165, 1.54) is 6.92 Å². The van der Waals surface area contributed by atoms with E-state index in [4.69, 9.17) is 9.47 Å². The molecule has 0 amide bonds. The minimum Gasteiger partial charge on any atom is -0.459 e. The molecule has 7 nitrogen and oxygen atoms in total. The zero-order valence-corrected chi connectivity index (χ0v) is 17.2. The smallest absolute Gasteiger partial charge is 0.342 e. The predicted octanol–water partition coefficient (Wildman–Crippen LogP) is 1.08. The van der Waals surface area contributed by atoms with E-state index in [1.54, 1.807) is 19.1 Å². The molecule has 0 aromatic carbocycles. The largest absolute Gasteiger partial charge is 0.459 e. The van der Waals surface area contributed by atoms with E-state index in [2.05, 4.69) is 19.2 Å². The van der Waals surface area contributed by atoms with Gasteiger partial charge in [0.05, 0.1) is 18.6 Å². The second-order valence-electron chi connectivity index (χ2n) is 7.62. The standard InChI is InChI=1S/C20H28O7S/c1-10-5-14(22)6-11(2)8-16(17-12(3)18(23)26-15(17)7-10)27-19(24)20(25,9-21)13(4)28/h6-7,13-17,21-22,25,28H,3,5,8-9H2,1-2,4H3/b10-7+,11-6+/t13-,14-,15+,16+,17-,20-/m0/s1. The molecule has 1 aliphatic carbocycles. The third-order valence-corrected chi connectivity index (χ3v) is 5.61. The van der Waals surface area contributed by atoms with Gasteiger partial charge in [0.2, 0.25) is 0 Å². The molecule has 1 saturated heterocycles. The molecular weight excluding hydrogens is 384 g/mol. The summed E-state index contributed by atoms with van der Waals surface area (Å²) in [6, 6.07) is 0. The average molecular weight is 413 g/mol. The topological polar surface area (TPSA) is 113 Å². The highest BCUT2D eigenvalue weighted by molar-refractivity contribution is 7.81. The van der Waals surface area contributed by atoms with Crippen LogP contribution in [0.3, 0.4) is 0 Å². The Labute approximate surface area is 170 Å². The Morgan fingerprint density at radius 3 is 2.57 bits per heavy atom. The minimum absolute atomic E-state index is 0.173. The molecule has 0 unspecified atom stereocenters. The number of aliphatic hydroxyl groups is 3. The van der Waals surface area contributed by atoms with Gasteiger partial charge in [0.15, 0.2) is 5.60 Å². The van der Waals surface area contributed by atoms with Crippen LogP contribution >= 0.6 is 12.6 Å². The van der Waals surface area contributed by atoms with Crippen molar-refractivity contribution in [2.24, 2.45) is 5.92 Å². The number of rotatable bonds is 4. The van der Waals surface area contributed by atoms with Crippen LogP contribution in [0.1, 0.15) is 33.6 Å². The van der Waals surface area contributed by atoms with Crippen LogP contribution in [0.5, 0.6) is 0 Å². The van der Waals surface area contributed by atoms with Gasteiger partial charge in [0.25, 0.3) is 0 Å². The van der Waals surface area contributed by atoms with E-state index in [9.17, 15) is 24.9 Å². The van der Waals surface area contributed by atoms with E-state index in [1.807, 2.05) is 6.92 Å². The fourth-order valence-electron chi connectivity index (χ4n) is 3.48. The number of hydrogen-bond donors (Lipinski definition) is 4. The maximum Gasteiger partial charge on any atom is 0.342 e. The van der Waals surface area contributed by atoms with Gasteiger partial charge in [-0.05, 0) is 26.3 Å². The summed E-state index contributed by atoms with van der Waals surface area (Å²) in [5.74, 6) is -2.27. The monoisotopic (exact) mass is 412 g/mol. The average Bonchev–Trinajstić information content (AvgIpc) is 2.85. The summed E-state index contributed by atoms with van der Waals surface area (Å²) in [6.07, 6.45) is 1.66. The van der Waals surface area contributed by atoms with Crippen LogP contribution in [0.4, 0.5) is 0 Å². The number of thiol groups is 1. The summed E-state index contributed by atoms with van der Waals surface area (Å²) in [5.41, 5.74) is -0.455. The van der Waals surface area contributed by atoms with Crippen LogP contribution < -0.4 is 0 Å².